The third-order valence-corrected chi connectivity index (χ3v) is 6.34. The van der Waals surface area contributed by atoms with Crippen molar-refractivity contribution in [2.24, 2.45) is 0 Å². The maximum Gasteiger partial charge on any atom is 0.243 e. The Morgan fingerprint density at radius 3 is 2.76 bits per heavy atom. The second-order valence-electron chi connectivity index (χ2n) is 5.46. The van der Waals surface area contributed by atoms with Gasteiger partial charge in [-0.25, -0.2) is 8.42 Å². The number of hydrogen-bond donors (Lipinski definition) is 1. The Kier molecular flexibility index (Phi) is 5.66. The maximum absolute atomic E-state index is 12.8. The molecule has 0 saturated carbocycles. The van der Waals surface area contributed by atoms with E-state index in [1.807, 2.05) is 14.0 Å². The molecule has 1 unspecified atom stereocenters. The minimum atomic E-state index is -3.45. The summed E-state index contributed by atoms with van der Waals surface area (Å²) in [5, 5.41) is 3.51. The molecular formula is C15H23ClN2O2S. The molecule has 6 heteroatoms. The van der Waals surface area contributed by atoms with Gasteiger partial charge in [0.15, 0.2) is 0 Å². The third-order valence-electron chi connectivity index (χ3n) is 4.04. The zero-order valence-corrected chi connectivity index (χ0v) is 14.2. The molecule has 0 spiro atoms. The van der Waals surface area contributed by atoms with Crippen LogP contribution in [0.4, 0.5) is 0 Å². The number of nitrogens with zero attached hydrogens (tertiary/aromatic N) is 1. The Balaban J connectivity index is 2.32. The van der Waals surface area contributed by atoms with Crippen LogP contribution in [0, 0.1) is 0 Å². The van der Waals surface area contributed by atoms with Crippen molar-refractivity contribution in [3.05, 3.63) is 28.8 Å². The van der Waals surface area contributed by atoms with Crippen molar-refractivity contribution in [3.8, 4) is 0 Å². The van der Waals surface area contributed by atoms with Crippen LogP contribution in [-0.4, -0.2) is 32.4 Å². The van der Waals surface area contributed by atoms with E-state index >= 15 is 0 Å². The van der Waals surface area contributed by atoms with E-state index in [0.717, 1.165) is 31.2 Å². The van der Waals surface area contributed by atoms with Gasteiger partial charge in [0.1, 0.15) is 0 Å². The number of sulfonamides is 1. The Hall–Kier alpha value is -0.620. The van der Waals surface area contributed by atoms with Gasteiger partial charge >= 0.3 is 0 Å². The molecule has 0 aromatic heterocycles. The zero-order chi connectivity index (χ0) is 15.5. The largest absolute Gasteiger partial charge is 0.316 e. The van der Waals surface area contributed by atoms with E-state index in [4.69, 9.17) is 11.6 Å². The van der Waals surface area contributed by atoms with Crippen molar-refractivity contribution in [1.82, 2.24) is 9.62 Å². The summed E-state index contributed by atoms with van der Waals surface area (Å²) >= 11 is 6.20. The summed E-state index contributed by atoms with van der Waals surface area (Å²) in [5.41, 5.74) is 0.906. The average molecular weight is 331 g/mol. The van der Waals surface area contributed by atoms with Gasteiger partial charge < -0.3 is 5.32 Å². The van der Waals surface area contributed by atoms with Crippen molar-refractivity contribution >= 4 is 21.6 Å². The average Bonchev–Trinajstić information content (AvgIpc) is 2.49. The predicted octanol–water partition coefficient (Wildman–Crippen LogP) is 3.01. The number of nitrogens with one attached hydrogen (secondary N) is 1. The van der Waals surface area contributed by atoms with Crippen molar-refractivity contribution < 1.29 is 8.42 Å². The van der Waals surface area contributed by atoms with Gasteiger partial charge in [0.25, 0.3) is 0 Å². The highest BCUT2D eigenvalue weighted by Crippen LogP contribution is 2.29. The first-order valence-electron chi connectivity index (χ1n) is 7.45. The van der Waals surface area contributed by atoms with Crippen LogP contribution in [-0.2, 0) is 16.6 Å². The minimum absolute atomic E-state index is 0.111. The molecule has 0 aliphatic carbocycles. The van der Waals surface area contributed by atoms with Crippen LogP contribution in [0.15, 0.2) is 23.1 Å². The number of piperidine rings is 1. The van der Waals surface area contributed by atoms with E-state index in [1.165, 1.54) is 0 Å². The minimum Gasteiger partial charge on any atom is -0.316 e. The van der Waals surface area contributed by atoms with E-state index in [0.29, 0.717) is 23.0 Å². The summed E-state index contributed by atoms with van der Waals surface area (Å²) in [6, 6.07) is 5.14. The van der Waals surface area contributed by atoms with E-state index in [2.05, 4.69) is 5.32 Å². The fourth-order valence-corrected chi connectivity index (χ4v) is 4.96. The van der Waals surface area contributed by atoms with Crippen LogP contribution in [0.25, 0.3) is 0 Å². The molecule has 0 radical (unpaired) electrons. The molecule has 118 valence electrons. The smallest absolute Gasteiger partial charge is 0.243 e. The molecule has 0 amide bonds. The molecule has 2 rings (SSSR count). The summed E-state index contributed by atoms with van der Waals surface area (Å²) in [4.78, 5) is 0.299. The Labute approximate surface area is 132 Å². The van der Waals surface area contributed by atoms with Crippen molar-refractivity contribution in [3.63, 3.8) is 0 Å². The molecule has 1 saturated heterocycles. The topological polar surface area (TPSA) is 49.4 Å². The van der Waals surface area contributed by atoms with Crippen LogP contribution in [0.1, 0.15) is 38.2 Å². The highest BCUT2D eigenvalue weighted by Gasteiger charge is 2.32. The molecule has 1 heterocycles. The van der Waals surface area contributed by atoms with Crippen LogP contribution < -0.4 is 5.32 Å². The standard InChI is InChI=1S/C15H23ClN2O2S/c1-3-13-6-4-5-9-18(13)21(19,20)14-8-7-12(11-17-2)15(16)10-14/h7-8,10,13,17H,3-6,9,11H2,1-2H3. The fraction of sp³-hybridized carbons (Fsp3) is 0.600. The van der Waals surface area contributed by atoms with Crippen LogP contribution in [0.2, 0.25) is 5.02 Å². The number of halogens is 1. The normalized spacial score (nSPS) is 20.6. The molecule has 21 heavy (non-hydrogen) atoms. The van der Waals surface area contributed by atoms with Gasteiger partial charge in [0, 0.05) is 24.2 Å². The van der Waals surface area contributed by atoms with Crippen LogP contribution >= 0.6 is 11.6 Å². The van der Waals surface area contributed by atoms with Gasteiger partial charge in [0.2, 0.25) is 10.0 Å². The lowest BCUT2D eigenvalue weighted by Gasteiger charge is -2.34. The third kappa shape index (κ3) is 3.59. The molecular weight excluding hydrogens is 308 g/mol. The van der Waals surface area contributed by atoms with Gasteiger partial charge in [-0.05, 0) is 44.0 Å². The summed E-state index contributed by atoms with van der Waals surface area (Å²) in [6.45, 7) is 3.28. The molecule has 1 atom stereocenters. The lowest BCUT2D eigenvalue weighted by atomic mass is 10.0. The molecule has 1 aliphatic heterocycles. The second-order valence-corrected chi connectivity index (χ2v) is 7.75. The molecule has 0 bridgehead atoms. The number of benzene rings is 1. The number of rotatable bonds is 5. The van der Waals surface area contributed by atoms with E-state index < -0.39 is 10.0 Å². The van der Waals surface area contributed by atoms with Gasteiger partial charge in [0.05, 0.1) is 4.90 Å². The first kappa shape index (κ1) is 16.7. The SMILES string of the molecule is CCC1CCCCN1S(=O)(=O)c1ccc(CNC)c(Cl)c1. The van der Waals surface area contributed by atoms with E-state index in [-0.39, 0.29) is 6.04 Å². The predicted molar refractivity (Wildman–Crippen MR) is 86.0 cm³/mol. The number of hydrogen-bond acceptors (Lipinski definition) is 3. The quantitative estimate of drug-likeness (QED) is 0.902. The van der Waals surface area contributed by atoms with Crippen LogP contribution in [0.5, 0.6) is 0 Å². The summed E-state index contributed by atoms with van der Waals surface area (Å²) in [5.74, 6) is 0. The van der Waals surface area contributed by atoms with E-state index in [1.54, 1.807) is 22.5 Å². The lowest BCUT2D eigenvalue weighted by Crippen LogP contribution is -2.43. The molecule has 1 N–H and O–H groups in total. The first-order chi connectivity index (χ1) is 10.0. The fourth-order valence-electron chi connectivity index (χ4n) is 2.86. The van der Waals surface area contributed by atoms with Crippen molar-refractivity contribution in [2.45, 2.75) is 50.1 Å². The summed E-state index contributed by atoms with van der Waals surface area (Å²) in [7, 11) is -1.62. The van der Waals surface area contributed by atoms with Gasteiger partial charge in [-0.1, -0.05) is 31.0 Å². The molecule has 1 aromatic carbocycles. The maximum atomic E-state index is 12.8. The first-order valence-corrected chi connectivity index (χ1v) is 9.27. The Morgan fingerprint density at radius 2 is 2.14 bits per heavy atom. The lowest BCUT2D eigenvalue weighted by molar-refractivity contribution is 0.246. The molecule has 1 aliphatic rings. The van der Waals surface area contributed by atoms with Crippen molar-refractivity contribution in [2.75, 3.05) is 13.6 Å². The van der Waals surface area contributed by atoms with Crippen LogP contribution in [0.3, 0.4) is 0 Å². The second kappa shape index (κ2) is 7.09. The van der Waals surface area contributed by atoms with Gasteiger partial charge in [-0.3, -0.25) is 0 Å². The Bertz CT molecular complexity index is 589. The summed E-state index contributed by atoms with van der Waals surface area (Å²) in [6.07, 6.45) is 3.83. The monoisotopic (exact) mass is 330 g/mol. The zero-order valence-electron chi connectivity index (χ0n) is 12.6. The Morgan fingerprint density at radius 1 is 1.38 bits per heavy atom. The molecule has 1 fully saturated rings. The highest BCUT2D eigenvalue weighted by molar-refractivity contribution is 7.89. The van der Waals surface area contributed by atoms with Gasteiger partial charge in [-0.2, -0.15) is 4.31 Å². The molecule has 4 nitrogen and oxygen atoms in total. The summed E-state index contributed by atoms with van der Waals surface area (Å²) < 4.78 is 27.3. The van der Waals surface area contributed by atoms with E-state index in [9.17, 15) is 8.42 Å². The highest BCUT2D eigenvalue weighted by atomic mass is 35.5. The molecule has 1 aromatic rings. The van der Waals surface area contributed by atoms with Crippen molar-refractivity contribution in [1.29, 1.82) is 0 Å². The van der Waals surface area contributed by atoms with Gasteiger partial charge in [-0.15, -0.1) is 0 Å².